The van der Waals surface area contributed by atoms with Crippen molar-refractivity contribution in [2.45, 2.75) is 32.6 Å². The van der Waals surface area contributed by atoms with Gasteiger partial charge in [-0.15, -0.1) is 0 Å². The Bertz CT molecular complexity index is 752. The molecule has 5 nitrogen and oxygen atoms in total. The minimum atomic E-state index is -0.101. The molecular formula is C21H29N3O2. The molecule has 0 aliphatic heterocycles. The fourth-order valence-corrected chi connectivity index (χ4v) is 2.67. The van der Waals surface area contributed by atoms with Crippen molar-refractivity contribution in [3.05, 3.63) is 53.6 Å². The van der Waals surface area contributed by atoms with Gasteiger partial charge in [-0.3, -0.25) is 4.99 Å². The van der Waals surface area contributed by atoms with E-state index >= 15 is 0 Å². The molecule has 0 aliphatic carbocycles. The number of methoxy groups -OCH3 is 2. The van der Waals surface area contributed by atoms with Crippen molar-refractivity contribution in [3.63, 3.8) is 0 Å². The Labute approximate surface area is 156 Å². The summed E-state index contributed by atoms with van der Waals surface area (Å²) in [6.07, 6.45) is 1.04. The molecule has 0 fully saturated rings. The van der Waals surface area contributed by atoms with E-state index in [0.29, 0.717) is 24.0 Å². The number of ether oxygens (including phenoxy) is 2. The lowest BCUT2D eigenvalue weighted by atomic mass is 9.84. The molecule has 2 aromatic rings. The molecule has 0 unspecified atom stereocenters. The zero-order valence-corrected chi connectivity index (χ0v) is 16.3. The maximum Gasteiger partial charge on any atom is 0.193 e. The van der Waals surface area contributed by atoms with Gasteiger partial charge in [0, 0.05) is 17.2 Å². The largest absolute Gasteiger partial charge is 0.493 e. The van der Waals surface area contributed by atoms with E-state index in [9.17, 15) is 0 Å². The number of hydrogen-bond acceptors (Lipinski definition) is 3. The van der Waals surface area contributed by atoms with E-state index in [1.165, 1.54) is 11.1 Å². The van der Waals surface area contributed by atoms with Crippen LogP contribution in [-0.2, 0) is 11.8 Å². The first-order valence-corrected chi connectivity index (χ1v) is 8.78. The lowest BCUT2D eigenvalue weighted by molar-refractivity contribution is 0.355. The number of hydrogen-bond donors (Lipinski definition) is 2. The number of benzene rings is 2. The van der Waals surface area contributed by atoms with E-state index in [0.717, 1.165) is 12.1 Å². The third-order valence-electron chi connectivity index (χ3n) is 4.44. The van der Waals surface area contributed by atoms with Crippen LogP contribution >= 0.6 is 0 Å². The van der Waals surface area contributed by atoms with Crippen molar-refractivity contribution in [2.24, 2.45) is 10.7 Å². The van der Waals surface area contributed by atoms with Gasteiger partial charge in [-0.1, -0.05) is 45.0 Å². The topological polar surface area (TPSA) is 68.9 Å². The third kappa shape index (κ3) is 4.91. The van der Waals surface area contributed by atoms with Crippen LogP contribution in [0, 0.1) is 0 Å². The van der Waals surface area contributed by atoms with Gasteiger partial charge in [-0.25, -0.2) is 0 Å². The molecule has 0 saturated carbocycles. The minimum Gasteiger partial charge on any atom is -0.493 e. The Kier molecular flexibility index (Phi) is 6.50. The summed E-state index contributed by atoms with van der Waals surface area (Å²) in [5.74, 6) is 1.68. The van der Waals surface area contributed by atoms with E-state index in [1.54, 1.807) is 14.2 Å². The smallest absolute Gasteiger partial charge is 0.193 e. The van der Waals surface area contributed by atoms with Crippen LogP contribution in [-0.4, -0.2) is 26.7 Å². The summed E-state index contributed by atoms with van der Waals surface area (Å²) in [5, 5.41) is 3.10. The Hall–Kier alpha value is -2.69. The lowest BCUT2D eigenvalue weighted by Crippen LogP contribution is -2.27. The molecule has 0 heterocycles. The Morgan fingerprint density at radius 2 is 1.69 bits per heavy atom. The first-order valence-electron chi connectivity index (χ1n) is 8.78. The molecule has 2 aromatic carbocycles. The molecule has 0 saturated heterocycles. The molecule has 3 N–H and O–H groups in total. The molecule has 2 rings (SSSR count). The molecule has 0 radical (unpaired) electrons. The van der Waals surface area contributed by atoms with Crippen LogP contribution in [0.5, 0.6) is 11.5 Å². The molecule has 0 amide bonds. The molecule has 0 spiro atoms. The highest BCUT2D eigenvalue weighted by Gasteiger charge is 2.20. The van der Waals surface area contributed by atoms with Gasteiger partial charge >= 0.3 is 0 Å². The highest BCUT2D eigenvalue weighted by Crippen LogP contribution is 2.29. The lowest BCUT2D eigenvalue weighted by Gasteiger charge is -2.23. The predicted octanol–water partition coefficient (Wildman–Crippen LogP) is 3.97. The van der Waals surface area contributed by atoms with Gasteiger partial charge in [0.25, 0.3) is 0 Å². The SMILES string of the molecule is CCc1ccc(C(C)(C)CN=C(N)Nc2ccc(OC)c(OC)c2)cc1. The normalized spacial score (nSPS) is 12.0. The van der Waals surface area contributed by atoms with Gasteiger partial charge in [0.05, 0.1) is 20.8 Å². The molecule has 5 heteroatoms. The van der Waals surface area contributed by atoms with E-state index < -0.39 is 0 Å². The highest BCUT2D eigenvalue weighted by molar-refractivity contribution is 5.92. The van der Waals surface area contributed by atoms with E-state index in [4.69, 9.17) is 15.2 Å². The van der Waals surface area contributed by atoms with Crippen LogP contribution in [0.2, 0.25) is 0 Å². The second-order valence-corrected chi connectivity index (χ2v) is 6.83. The third-order valence-corrected chi connectivity index (χ3v) is 4.44. The molecule has 140 valence electrons. The summed E-state index contributed by atoms with van der Waals surface area (Å²) in [5.41, 5.74) is 9.35. The first kappa shape index (κ1) is 19.6. The summed E-state index contributed by atoms with van der Waals surface area (Å²) >= 11 is 0. The van der Waals surface area contributed by atoms with Crippen LogP contribution in [0.25, 0.3) is 0 Å². The van der Waals surface area contributed by atoms with E-state index in [2.05, 4.69) is 55.3 Å². The van der Waals surface area contributed by atoms with Gasteiger partial charge in [0.15, 0.2) is 17.5 Å². The van der Waals surface area contributed by atoms with Crippen molar-refractivity contribution in [3.8, 4) is 11.5 Å². The quantitative estimate of drug-likeness (QED) is 0.582. The Balaban J connectivity index is 2.06. The van der Waals surface area contributed by atoms with Crippen molar-refractivity contribution in [2.75, 3.05) is 26.1 Å². The average Bonchev–Trinajstić information content (AvgIpc) is 2.66. The summed E-state index contributed by atoms with van der Waals surface area (Å²) in [6.45, 7) is 7.08. The van der Waals surface area contributed by atoms with Crippen LogP contribution in [0.1, 0.15) is 31.9 Å². The number of anilines is 1. The molecule has 26 heavy (non-hydrogen) atoms. The molecular weight excluding hydrogens is 326 g/mol. The molecule has 0 bridgehead atoms. The summed E-state index contributed by atoms with van der Waals surface area (Å²) in [6, 6.07) is 14.2. The van der Waals surface area contributed by atoms with Crippen LogP contribution in [0.4, 0.5) is 5.69 Å². The predicted molar refractivity (Wildman–Crippen MR) is 109 cm³/mol. The maximum absolute atomic E-state index is 6.07. The van der Waals surface area contributed by atoms with Crippen molar-refractivity contribution >= 4 is 11.6 Å². The van der Waals surface area contributed by atoms with E-state index in [1.807, 2.05) is 18.2 Å². The summed E-state index contributed by atoms with van der Waals surface area (Å²) in [4.78, 5) is 4.52. The van der Waals surface area contributed by atoms with Crippen molar-refractivity contribution in [1.82, 2.24) is 0 Å². The number of nitrogens with two attached hydrogens (primary N) is 1. The van der Waals surface area contributed by atoms with Crippen molar-refractivity contribution < 1.29 is 9.47 Å². The standard InChI is InChI=1S/C21H29N3O2/c1-6-15-7-9-16(10-8-15)21(2,3)14-23-20(22)24-17-11-12-18(25-4)19(13-17)26-5/h7-13H,6,14H2,1-5H3,(H3,22,23,24). The summed E-state index contributed by atoms with van der Waals surface area (Å²) in [7, 11) is 3.21. The number of aliphatic imine (C=N–C) groups is 1. The highest BCUT2D eigenvalue weighted by atomic mass is 16.5. The van der Waals surface area contributed by atoms with Gasteiger partial charge in [0.2, 0.25) is 0 Å². The number of nitrogens with zero attached hydrogens (tertiary/aromatic N) is 1. The number of nitrogens with one attached hydrogen (secondary N) is 1. The zero-order valence-electron chi connectivity index (χ0n) is 16.3. The Morgan fingerprint density at radius 1 is 1.04 bits per heavy atom. The average molecular weight is 355 g/mol. The first-order chi connectivity index (χ1) is 12.4. The van der Waals surface area contributed by atoms with Crippen LogP contribution in [0.15, 0.2) is 47.5 Å². The van der Waals surface area contributed by atoms with Gasteiger partial charge in [-0.05, 0) is 29.7 Å². The fraction of sp³-hybridized carbons (Fsp3) is 0.381. The van der Waals surface area contributed by atoms with Crippen LogP contribution < -0.4 is 20.5 Å². The molecule has 0 aromatic heterocycles. The van der Waals surface area contributed by atoms with Crippen molar-refractivity contribution in [1.29, 1.82) is 0 Å². The molecule has 0 aliphatic rings. The minimum absolute atomic E-state index is 0.101. The maximum atomic E-state index is 6.07. The molecule has 0 atom stereocenters. The summed E-state index contributed by atoms with van der Waals surface area (Å²) < 4.78 is 10.5. The monoisotopic (exact) mass is 355 g/mol. The number of aryl methyl sites for hydroxylation is 1. The number of rotatable bonds is 7. The van der Waals surface area contributed by atoms with Gasteiger partial charge in [0.1, 0.15) is 0 Å². The number of guanidine groups is 1. The second kappa shape index (κ2) is 8.61. The Morgan fingerprint density at radius 3 is 2.27 bits per heavy atom. The van der Waals surface area contributed by atoms with Crippen LogP contribution in [0.3, 0.4) is 0 Å². The second-order valence-electron chi connectivity index (χ2n) is 6.83. The van der Waals surface area contributed by atoms with Gasteiger partial charge < -0.3 is 20.5 Å². The fourth-order valence-electron chi connectivity index (χ4n) is 2.67. The van der Waals surface area contributed by atoms with E-state index in [-0.39, 0.29) is 5.41 Å². The zero-order chi connectivity index (χ0) is 19.2. The van der Waals surface area contributed by atoms with Gasteiger partial charge in [-0.2, -0.15) is 0 Å².